The summed E-state index contributed by atoms with van der Waals surface area (Å²) >= 11 is 3.25. The number of hydrogen-bond acceptors (Lipinski definition) is 4. The molecule has 7 heteroatoms. The first-order chi connectivity index (χ1) is 11.3. The third-order valence-corrected chi connectivity index (χ3v) is 4.61. The first kappa shape index (κ1) is 20.8. The van der Waals surface area contributed by atoms with Crippen molar-refractivity contribution in [1.29, 1.82) is 0 Å². The molecule has 0 radical (unpaired) electrons. The van der Waals surface area contributed by atoms with E-state index in [1.807, 2.05) is 19.1 Å². The Bertz CT molecular complexity index is 686. The molecule has 3 rings (SSSR count). The van der Waals surface area contributed by atoms with E-state index < -0.39 is 10.1 Å². The minimum Gasteiger partial charge on any atom is -0.306 e. The third kappa shape index (κ3) is 9.12. The molecule has 1 fully saturated rings. The summed E-state index contributed by atoms with van der Waals surface area (Å²) in [5.74, 6) is 0. The van der Waals surface area contributed by atoms with Crippen molar-refractivity contribution in [3.05, 3.63) is 58.8 Å². The van der Waals surface area contributed by atoms with E-state index in [0.29, 0.717) is 0 Å². The van der Waals surface area contributed by atoms with Crippen molar-refractivity contribution in [3.8, 4) is 0 Å². The average Bonchev–Trinajstić information content (AvgIpc) is 3.00. The molecule has 0 amide bonds. The van der Waals surface area contributed by atoms with E-state index in [2.05, 4.69) is 32.9 Å². The highest BCUT2D eigenvalue weighted by Crippen LogP contribution is 2.08. The molecule has 2 heterocycles. The van der Waals surface area contributed by atoms with Gasteiger partial charge in [-0.15, -0.1) is 0 Å². The summed E-state index contributed by atoms with van der Waals surface area (Å²) < 4.78 is 30.6. The SMILES string of the molecule is Brc1cccnc1.CN1CCCC1.Cc1ccc(S(=O)(=O)O)cc1. The fraction of sp³-hybridized carbons (Fsp3) is 0.353. The Kier molecular flexibility index (Phi) is 9.13. The van der Waals surface area contributed by atoms with Crippen LogP contribution in [0.15, 0.2) is 58.2 Å². The van der Waals surface area contributed by atoms with Gasteiger partial charge in [-0.2, -0.15) is 8.42 Å². The van der Waals surface area contributed by atoms with E-state index in [1.54, 1.807) is 24.5 Å². The van der Waals surface area contributed by atoms with Gasteiger partial charge in [0, 0.05) is 16.9 Å². The highest BCUT2D eigenvalue weighted by atomic mass is 79.9. The lowest BCUT2D eigenvalue weighted by Crippen LogP contribution is -2.10. The van der Waals surface area contributed by atoms with Crippen molar-refractivity contribution in [2.24, 2.45) is 0 Å². The first-order valence-corrected chi connectivity index (χ1v) is 9.80. The van der Waals surface area contributed by atoms with Gasteiger partial charge in [0.15, 0.2) is 0 Å². The molecule has 1 aliphatic heterocycles. The molecule has 0 atom stereocenters. The van der Waals surface area contributed by atoms with Crippen LogP contribution in [0.4, 0.5) is 0 Å². The Morgan fingerprint density at radius 3 is 2.00 bits per heavy atom. The molecule has 0 aliphatic carbocycles. The Labute approximate surface area is 152 Å². The van der Waals surface area contributed by atoms with Crippen molar-refractivity contribution in [1.82, 2.24) is 9.88 Å². The molecule has 0 unspecified atom stereocenters. The number of hydrogen-bond donors (Lipinski definition) is 1. The lowest BCUT2D eigenvalue weighted by atomic mass is 10.2. The van der Waals surface area contributed by atoms with Gasteiger partial charge >= 0.3 is 0 Å². The van der Waals surface area contributed by atoms with Gasteiger partial charge in [0.2, 0.25) is 0 Å². The summed E-state index contributed by atoms with van der Waals surface area (Å²) in [5.41, 5.74) is 0.956. The van der Waals surface area contributed by atoms with Crippen molar-refractivity contribution in [2.45, 2.75) is 24.7 Å². The molecule has 0 bridgehead atoms. The minimum atomic E-state index is -4.02. The minimum absolute atomic E-state index is 0.0666. The Morgan fingerprint density at radius 2 is 1.71 bits per heavy atom. The number of halogens is 1. The van der Waals surface area contributed by atoms with Gasteiger partial charge < -0.3 is 4.90 Å². The smallest absolute Gasteiger partial charge is 0.294 e. The van der Waals surface area contributed by atoms with E-state index in [-0.39, 0.29) is 4.90 Å². The molecule has 132 valence electrons. The summed E-state index contributed by atoms with van der Waals surface area (Å²) in [6.07, 6.45) is 6.32. The number of aryl methyl sites for hydroxylation is 1. The summed E-state index contributed by atoms with van der Waals surface area (Å²) in [6.45, 7) is 4.48. The molecule has 0 saturated carbocycles. The number of aromatic nitrogens is 1. The summed E-state index contributed by atoms with van der Waals surface area (Å²) in [5, 5.41) is 0. The molecular weight excluding hydrogens is 392 g/mol. The Morgan fingerprint density at radius 1 is 1.12 bits per heavy atom. The lowest BCUT2D eigenvalue weighted by molar-refractivity contribution is 0.418. The van der Waals surface area contributed by atoms with E-state index in [1.165, 1.54) is 38.1 Å². The topological polar surface area (TPSA) is 70.5 Å². The van der Waals surface area contributed by atoms with E-state index in [0.717, 1.165) is 10.0 Å². The van der Waals surface area contributed by atoms with Crippen LogP contribution < -0.4 is 0 Å². The number of likely N-dealkylation sites (tertiary alicyclic amines) is 1. The van der Waals surface area contributed by atoms with Gasteiger partial charge in [-0.25, -0.2) is 0 Å². The van der Waals surface area contributed by atoms with Crippen molar-refractivity contribution in [2.75, 3.05) is 20.1 Å². The van der Waals surface area contributed by atoms with Crippen molar-refractivity contribution < 1.29 is 13.0 Å². The summed E-state index contributed by atoms with van der Waals surface area (Å²) in [7, 11) is -1.85. The van der Waals surface area contributed by atoms with Gasteiger partial charge in [0.25, 0.3) is 10.1 Å². The fourth-order valence-corrected chi connectivity index (χ4v) is 2.68. The maximum atomic E-state index is 10.5. The molecule has 0 spiro atoms. The van der Waals surface area contributed by atoms with Crippen molar-refractivity contribution >= 4 is 26.0 Å². The second kappa shape index (κ2) is 10.6. The number of rotatable bonds is 1. The number of benzene rings is 1. The molecule has 1 N–H and O–H groups in total. The summed E-state index contributed by atoms with van der Waals surface area (Å²) in [6, 6.07) is 9.80. The van der Waals surface area contributed by atoms with Crippen LogP contribution in [0.2, 0.25) is 0 Å². The molecular formula is C17H23BrN2O3S. The fourth-order valence-electron chi connectivity index (χ4n) is 1.93. The number of nitrogens with zero attached hydrogens (tertiary/aromatic N) is 2. The third-order valence-electron chi connectivity index (χ3n) is 3.27. The molecule has 24 heavy (non-hydrogen) atoms. The second-order valence-corrected chi connectivity index (χ2v) is 7.81. The predicted octanol–water partition coefficient (Wildman–Crippen LogP) is 3.80. The van der Waals surface area contributed by atoms with Gasteiger partial charge in [-0.3, -0.25) is 9.54 Å². The molecule has 1 aromatic heterocycles. The monoisotopic (exact) mass is 414 g/mol. The maximum absolute atomic E-state index is 10.5. The van der Waals surface area contributed by atoms with Gasteiger partial charge in [0.05, 0.1) is 4.90 Å². The van der Waals surface area contributed by atoms with Crippen LogP contribution >= 0.6 is 15.9 Å². The summed E-state index contributed by atoms with van der Waals surface area (Å²) in [4.78, 5) is 6.13. The average molecular weight is 415 g/mol. The normalized spacial score (nSPS) is 14.2. The van der Waals surface area contributed by atoms with Gasteiger partial charge in [-0.05, 0) is 80.1 Å². The first-order valence-electron chi connectivity index (χ1n) is 7.57. The van der Waals surface area contributed by atoms with E-state index in [9.17, 15) is 8.42 Å². The highest BCUT2D eigenvalue weighted by molar-refractivity contribution is 9.10. The largest absolute Gasteiger partial charge is 0.306 e. The van der Waals surface area contributed by atoms with Gasteiger partial charge in [0.1, 0.15) is 0 Å². The Balaban J connectivity index is 0.000000191. The van der Waals surface area contributed by atoms with Crippen molar-refractivity contribution in [3.63, 3.8) is 0 Å². The Hall–Kier alpha value is -1.28. The van der Waals surface area contributed by atoms with Crippen LogP contribution in [0.3, 0.4) is 0 Å². The zero-order chi connectivity index (χ0) is 18.0. The maximum Gasteiger partial charge on any atom is 0.294 e. The lowest BCUT2D eigenvalue weighted by Gasteiger charge is -2.01. The highest BCUT2D eigenvalue weighted by Gasteiger charge is 2.06. The van der Waals surface area contributed by atoms with Gasteiger partial charge in [-0.1, -0.05) is 17.7 Å². The number of pyridine rings is 1. The van der Waals surface area contributed by atoms with E-state index >= 15 is 0 Å². The van der Waals surface area contributed by atoms with Crippen LogP contribution in [0.1, 0.15) is 18.4 Å². The van der Waals surface area contributed by atoms with Crippen LogP contribution in [0.5, 0.6) is 0 Å². The molecule has 5 nitrogen and oxygen atoms in total. The molecule has 1 saturated heterocycles. The predicted molar refractivity (Wildman–Crippen MR) is 99.7 cm³/mol. The molecule has 2 aromatic rings. The quantitative estimate of drug-likeness (QED) is 0.718. The standard InChI is InChI=1S/C7H8O3S.C5H4BrN.C5H11N/c1-6-2-4-7(5-3-6)11(8,9)10;6-5-2-1-3-7-4-5;1-6-4-2-3-5-6/h2-5H,1H3,(H,8,9,10);1-4H;2-5H2,1H3. The molecule has 1 aromatic carbocycles. The zero-order valence-electron chi connectivity index (χ0n) is 13.9. The van der Waals surface area contributed by atoms with Crippen LogP contribution in [0.25, 0.3) is 0 Å². The van der Waals surface area contributed by atoms with Crippen LogP contribution in [-0.4, -0.2) is 43.0 Å². The van der Waals surface area contributed by atoms with E-state index in [4.69, 9.17) is 4.55 Å². The van der Waals surface area contributed by atoms with Crippen LogP contribution in [-0.2, 0) is 10.1 Å². The molecule has 1 aliphatic rings. The second-order valence-electron chi connectivity index (χ2n) is 5.47. The van der Waals surface area contributed by atoms with Crippen LogP contribution in [0, 0.1) is 6.92 Å². The zero-order valence-corrected chi connectivity index (χ0v) is 16.3.